The van der Waals surface area contributed by atoms with Crippen molar-refractivity contribution in [2.75, 3.05) is 7.11 Å². The molecule has 148 valence electrons. The summed E-state index contributed by atoms with van der Waals surface area (Å²) in [6, 6.07) is 9.28. The number of esters is 1. The van der Waals surface area contributed by atoms with Gasteiger partial charge in [0.05, 0.1) is 18.1 Å². The zero-order chi connectivity index (χ0) is 21.1. The Labute approximate surface area is 163 Å². The molecular formula is C20H15NO8. The molecular weight excluding hydrogens is 382 g/mol. The van der Waals surface area contributed by atoms with Gasteiger partial charge in [0.1, 0.15) is 11.3 Å². The first-order valence-corrected chi connectivity index (χ1v) is 8.49. The van der Waals surface area contributed by atoms with Crippen LogP contribution in [0.25, 0.3) is 11.0 Å². The van der Waals surface area contributed by atoms with E-state index in [2.05, 4.69) is 0 Å². The smallest absolute Gasteiger partial charge is 0.351 e. The average molecular weight is 397 g/mol. The first-order chi connectivity index (χ1) is 13.8. The minimum atomic E-state index is -0.999. The summed E-state index contributed by atoms with van der Waals surface area (Å²) >= 11 is 0. The minimum Gasteiger partial charge on any atom is -0.493 e. The number of rotatable bonds is 6. The van der Waals surface area contributed by atoms with Gasteiger partial charge in [-0.1, -0.05) is 6.92 Å². The Morgan fingerprint density at radius 3 is 2.41 bits per heavy atom. The molecule has 0 saturated heterocycles. The van der Waals surface area contributed by atoms with Gasteiger partial charge in [-0.25, -0.2) is 9.59 Å². The third kappa shape index (κ3) is 3.98. The van der Waals surface area contributed by atoms with Crippen molar-refractivity contribution < 1.29 is 28.4 Å². The minimum absolute atomic E-state index is 0.0117. The zero-order valence-electron chi connectivity index (χ0n) is 15.5. The molecule has 9 nitrogen and oxygen atoms in total. The lowest BCUT2D eigenvalue weighted by molar-refractivity contribution is -0.384. The molecule has 1 aromatic heterocycles. The second-order valence-electron chi connectivity index (χ2n) is 5.96. The zero-order valence-corrected chi connectivity index (χ0v) is 15.5. The van der Waals surface area contributed by atoms with E-state index in [1.165, 1.54) is 31.4 Å². The summed E-state index contributed by atoms with van der Waals surface area (Å²) in [4.78, 5) is 46.7. The first-order valence-electron chi connectivity index (χ1n) is 8.49. The van der Waals surface area contributed by atoms with Gasteiger partial charge in [0.2, 0.25) is 0 Å². The number of methoxy groups -OCH3 is 1. The molecule has 9 heteroatoms. The Balaban J connectivity index is 1.97. The highest BCUT2D eigenvalue weighted by Gasteiger charge is 2.20. The van der Waals surface area contributed by atoms with Gasteiger partial charge in [-0.2, -0.15) is 0 Å². The van der Waals surface area contributed by atoms with Crippen molar-refractivity contribution in [2.45, 2.75) is 13.3 Å². The monoisotopic (exact) mass is 397 g/mol. The topological polar surface area (TPSA) is 126 Å². The van der Waals surface area contributed by atoms with Crippen LogP contribution in [-0.4, -0.2) is 23.8 Å². The van der Waals surface area contributed by atoms with Crippen LogP contribution in [-0.2, 0) is 0 Å². The molecule has 0 atom stereocenters. The lowest BCUT2D eigenvalue weighted by Crippen LogP contribution is -2.18. The Hall–Kier alpha value is -4.01. The van der Waals surface area contributed by atoms with Crippen molar-refractivity contribution in [3.05, 3.63) is 74.1 Å². The van der Waals surface area contributed by atoms with Gasteiger partial charge in [-0.05, 0) is 30.3 Å². The fourth-order valence-electron chi connectivity index (χ4n) is 2.66. The number of ether oxygens (including phenoxy) is 2. The van der Waals surface area contributed by atoms with Crippen molar-refractivity contribution in [3.63, 3.8) is 0 Å². The van der Waals surface area contributed by atoms with Crippen LogP contribution in [0.5, 0.6) is 11.5 Å². The number of Topliss-reactive ketones (excluding diaryl/α,β-unsaturated/α-hetero) is 1. The van der Waals surface area contributed by atoms with Crippen molar-refractivity contribution in [1.29, 1.82) is 0 Å². The number of hydrogen-bond acceptors (Lipinski definition) is 8. The molecule has 0 aliphatic carbocycles. The number of nitrogens with zero attached hydrogens (tertiary/aromatic N) is 1. The maximum absolute atomic E-state index is 12.4. The lowest BCUT2D eigenvalue weighted by Gasteiger charge is -2.07. The van der Waals surface area contributed by atoms with Crippen LogP contribution >= 0.6 is 0 Å². The third-order valence-corrected chi connectivity index (χ3v) is 4.14. The number of nitro benzene ring substituents is 1. The van der Waals surface area contributed by atoms with E-state index in [-0.39, 0.29) is 33.9 Å². The Morgan fingerprint density at radius 1 is 1.14 bits per heavy atom. The Bertz CT molecular complexity index is 1180. The molecule has 0 fully saturated rings. The normalized spacial score (nSPS) is 10.6. The fourth-order valence-corrected chi connectivity index (χ4v) is 2.66. The van der Waals surface area contributed by atoms with Gasteiger partial charge in [0.15, 0.2) is 17.1 Å². The van der Waals surface area contributed by atoms with E-state index in [4.69, 9.17) is 13.9 Å². The van der Waals surface area contributed by atoms with E-state index in [9.17, 15) is 24.5 Å². The second-order valence-corrected chi connectivity index (χ2v) is 5.96. The molecule has 1 heterocycles. The first kappa shape index (κ1) is 19.7. The van der Waals surface area contributed by atoms with E-state index in [1.807, 2.05) is 0 Å². The molecule has 0 radical (unpaired) electrons. The number of fused-ring (bicyclic) bond motifs is 1. The van der Waals surface area contributed by atoms with E-state index in [0.717, 1.165) is 18.2 Å². The maximum atomic E-state index is 12.4. The summed E-state index contributed by atoms with van der Waals surface area (Å²) in [7, 11) is 1.27. The van der Waals surface area contributed by atoms with Crippen molar-refractivity contribution >= 4 is 28.4 Å². The second kappa shape index (κ2) is 7.93. The average Bonchev–Trinajstić information content (AvgIpc) is 2.72. The summed E-state index contributed by atoms with van der Waals surface area (Å²) in [6.07, 6.45) is 0.340. The van der Waals surface area contributed by atoms with Crippen LogP contribution in [0.1, 0.15) is 34.1 Å². The van der Waals surface area contributed by atoms with Gasteiger partial charge in [-0.3, -0.25) is 14.9 Å². The number of hydrogen-bond donors (Lipinski definition) is 0. The van der Waals surface area contributed by atoms with Crippen molar-refractivity contribution in [1.82, 2.24) is 0 Å². The van der Waals surface area contributed by atoms with Crippen LogP contribution < -0.4 is 15.1 Å². The van der Waals surface area contributed by atoms with E-state index in [0.29, 0.717) is 12.0 Å². The van der Waals surface area contributed by atoms with Gasteiger partial charge in [0, 0.05) is 23.4 Å². The lowest BCUT2D eigenvalue weighted by atomic mass is 10.1. The molecule has 3 rings (SSSR count). The predicted octanol–water partition coefficient (Wildman–Crippen LogP) is 3.52. The molecule has 2 aromatic carbocycles. The molecule has 0 bridgehead atoms. The Morgan fingerprint density at radius 2 is 1.83 bits per heavy atom. The van der Waals surface area contributed by atoms with Crippen LogP contribution in [0.3, 0.4) is 0 Å². The van der Waals surface area contributed by atoms with E-state index >= 15 is 0 Å². The standard InChI is InChI=1S/C20H15NO8/c1-3-16(22)11-4-6-14(7-5-11)28-19(23)15-9-12-8-13(21(25)26)10-17(27-2)18(12)29-20(15)24/h4-10H,3H2,1-2H3. The molecule has 3 aromatic rings. The van der Waals surface area contributed by atoms with Gasteiger partial charge in [0.25, 0.3) is 5.69 Å². The molecule has 0 saturated carbocycles. The molecule has 0 aliphatic rings. The highest BCUT2D eigenvalue weighted by molar-refractivity contribution is 5.97. The summed E-state index contributed by atoms with van der Waals surface area (Å²) in [5.74, 6) is -0.949. The fraction of sp³-hybridized carbons (Fsp3) is 0.150. The molecule has 0 N–H and O–H groups in total. The SMILES string of the molecule is CCC(=O)c1ccc(OC(=O)c2cc3cc([N+](=O)[O-])cc(OC)c3oc2=O)cc1. The van der Waals surface area contributed by atoms with E-state index < -0.39 is 22.1 Å². The van der Waals surface area contributed by atoms with Crippen LogP contribution in [0.4, 0.5) is 5.69 Å². The molecule has 0 unspecified atom stereocenters. The number of non-ortho nitro benzene ring substituents is 1. The van der Waals surface area contributed by atoms with Crippen LogP contribution in [0, 0.1) is 10.1 Å². The molecule has 29 heavy (non-hydrogen) atoms. The van der Waals surface area contributed by atoms with Crippen molar-refractivity contribution in [2.24, 2.45) is 0 Å². The van der Waals surface area contributed by atoms with Gasteiger partial charge in [-0.15, -0.1) is 0 Å². The number of benzene rings is 2. The third-order valence-electron chi connectivity index (χ3n) is 4.14. The number of ketones is 1. The summed E-state index contributed by atoms with van der Waals surface area (Å²) in [5, 5.41) is 11.2. The van der Waals surface area contributed by atoms with Gasteiger partial charge < -0.3 is 13.9 Å². The molecule has 0 spiro atoms. The van der Waals surface area contributed by atoms with Gasteiger partial charge >= 0.3 is 11.6 Å². The number of carbonyl (C=O) groups is 2. The number of nitro groups is 1. The largest absolute Gasteiger partial charge is 0.493 e. The maximum Gasteiger partial charge on any atom is 0.351 e. The van der Waals surface area contributed by atoms with Crippen LogP contribution in [0.15, 0.2) is 51.7 Å². The summed E-state index contributed by atoms with van der Waals surface area (Å²) in [5.41, 5.74) is -1.26. The quantitative estimate of drug-likeness (QED) is 0.154. The predicted molar refractivity (Wildman–Crippen MR) is 102 cm³/mol. The number of carbonyl (C=O) groups excluding carboxylic acids is 2. The highest BCUT2D eigenvalue weighted by Crippen LogP contribution is 2.30. The molecule has 0 amide bonds. The summed E-state index contributed by atoms with van der Waals surface area (Å²) < 4.78 is 15.3. The summed E-state index contributed by atoms with van der Waals surface area (Å²) in [6.45, 7) is 1.73. The van der Waals surface area contributed by atoms with E-state index in [1.54, 1.807) is 6.92 Å². The Kier molecular flexibility index (Phi) is 5.40. The molecule has 0 aliphatic heterocycles. The highest BCUT2D eigenvalue weighted by atomic mass is 16.6. The van der Waals surface area contributed by atoms with Crippen LogP contribution in [0.2, 0.25) is 0 Å². The van der Waals surface area contributed by atoms with Crippen molar-refractivity contribution in [3.8, 4) is 11.5 Å².